The molecule has 7 heteroatoms. The number of ether oxygens (including phenoxy) is 2. The first kappa shape index (κ1) is 20.0. The van der Waals surface area contributed by atoms with Crippen LogP contribution in [0.2, 0.25) is 0 Å². The summed E-state index contributed by atoms with van der Waals surface area (Å²) in [7, 11) is 3.26. The van der Waals surface area contributed by atoms with Gasteiger partial charge in [0, 0.05) is 28.5 Å². The number of anilines is 1. The Morgan fingerprint density at radius 3 is 2.77 bits per heavy atom. The highest BCUT2D eigenvalue weighted by Crippen LogP contribution is 2.34. The fraction of sp³-hybridized carbons (Fsp3) is 0.217. The summed E-state index contributed by atoms with van der Waals surface area (Å²) in [5.41, 5.74) is 4.50. The first-order valence-electron chi connectivity index (χ1n) is 9.68. The van der Waals surface area contributed by atoms with Crippen molar-refractivity contribution >= 4 is 27.9 Å². The SMILES string of the molecule is CCc1ccccc1NC(=O)Cc1csc2nc(-c3cc(OC)ccc3OC)cn12. The van der Waals surface area contributed by atoms with Crippen molar-refractivity contribution in [3.63, 3.8) is 0 Å². The van der Waals surface area contributed by atoms with E-state index in [9.17, 15) is 4.79 Å². The van der Waals surface area contributed by atoms with E-state index in [0.717, 1.165) is 51.1 Å². The van der Waals surface area contributed by atoms with Crippen LogP contribution >= 0.6 is 11.3 Å². The van der Waals surface area contributed by atoms with E-state index in [4.69, 9.17) is 14.5 Å². The lowest BCUT2D eigenvalue weighted by atomic mass is 10.1. The lowest BCUT2D eigenvalue weighted by Crippen LogP contribution is -2.16. The molecule has 1 amide bonds. The number of thiazole rings is 1. The number of fused-ring (bicyclic) bond motifs is 1. The quantitative estimate of drug-likeness (QED) is 0.464. The maximum absolute atomic E-state index is 12.7. The number of imidazole rings is 1. The van der Waals surface area contributed by atoms with Gasteiger partial charge in [0.2, 0.25) is 5.91 Å². The number of carbonyl (C=O) groups is 1. The molecule has 0 unspecified atom stereocenters. The number of nitrogens with one attached hydrogen (secondary N) is 1. The number of benzene rings is 2. The second-order valence-electron chi connectivity index (χ2n) is 6.81. The Kier molecular flexibility index (Phi) is 5.72. The molecule has 30 heavy (non-hydrogen) atoms. The Balaban J connectivity index is 1.60. The summed E-state index contributed by atoms with van der Waals surface area (Å²) in [6, 6.07) is 13.5. The van der Waals surface area contributed by atoms with Crippen LogP contribution < -0.4 is 14.8 Å². The predicted molar refractivity (Wildman–Crippen MR) is 120 cm³/mol. The van der Waals surface area contributed by atoms with Gasteiger partial charge in [0.15, 0.2) is 4.96 Å². The predicted octanol–water partition coefficient (Wildman–Crippen LogP) is 4.82. The summed E-state index contributed by atoms with van der Waals surface area (Å²) in [6.45, 7) is 2.08. The molecule has 1 N–H and O–H groups in total. The third-order valence-corrected chi connectivity index (χ3v) is 5.87. The molecular formula is C23H23N3O3S. The Bertz CT molecular complexity index is 1200. The summed E-state index contributed by atoms with van der Waals surface area (Å²) in [5, 5.41) is 5.00. The first-order chi connectivity index (χ1) is 14.6. The van der Waals surface area contributed by atoms with E-state index >= 15 is 0 Å². The fourth-order valence-corrected chi connectivity index (χ4v) is 4.28. The number of methoxy groups -OCH3 is 2. The molecule has 0 fully saturated rings. The zero-order valence-corrected chi connectivity index (χ0v) is 18.0. The highest BCUT2D eigenvalue weighted by molar-refractivity contribution is 7.15. The minimum Gasteiger partial charge on any atom is -0.497 e. The molecule has 6 nitrogen and oxygen atoms in total. The molecule has 2 aromatic carbocycles. The van der Waals surface area contributed by atoms with Gasteiger partial charge in [-0.3, -0.25) is 9.20 Å². The van der Waals surface area contributed by atoms with Crippen molar-refractivity contribution in [1.82, 2.24) is 9.38 Å². The lowest BCUT2D eigenvalue weighted by molar-refractivity contribution is -0.115. The summed E-state index contributed by atoms with van der Waals surface area (Å²) < 4.78 is 12.8. The maximum Gasteiger partial charge on any atom is 0.230 e. The minimum absolute atomic E-state index is 0.0511. The number of hydrogen-bond acceptors (Lipinski definition) is 5. The number of para-hydroxylation sites is 1. The lowest BCUT2D eigenvalue weighted by Gasteiger charge is -2.09. The van der Waals surface area contributed by atoms with Gasteiger partial charge in [-0.05, 0) is 36.2 Å². The van der Waals surface area contributed by atoms with E-state index in [2.05, 4.69) is 12.2 Å². The van der Waals surface area contributed by atoms with Crippen LogP contribution in [0.5, 0.6) is 11.5 Å². The average Bonchev–Trinajstić information content (AvgIpc) is 3.35. The second-order valence-corrected chi connectivity index (χ2v) is 7.64. The Morgan fingerprint density at radius 1 is 1.17 bits per heavy atom. The van der Waals surface area contributed by atoms with Gasteiger partial charge in [0.25, 0.3) is 0 Å². The molecule has 0 saturated heterocycles. The molecule has 0 aliphatic rings. The molecule has 4 aromatic rings. The van der Waals surface area contributed by atoms with Gasteiger partial charge >= 0.3 is 0 Å². The number of amides is 1. The van der Waals surface area contributed by atoms with Crippen molar-refractivity contribution < 1.29 is 14.3 Å². The van der Waals surface area contributed by atoms with Crippen molar-refractivity contribution in [3.8, 4) is 22.8 Å². The smallest absolute Gasteiger partial charge is 0.230 e. The second kappa shape index (κ2) is 8.59. The summed E-state index contributed by atoms with van der Waals surface area (Å²) in [6.07, 6.45) is 3.07. The van der Waals surface area contributed by atoms with Crippen LogP contribution in [0.15, 0.2) is 54.0 Å². The number of hydrogen-bond donors (Lipinski definition) is 1. The molecule has 0 radical (unpaired) electrons. The van der Waals surface area contributed by atoms with Crippen molar-refractivity contribution in [3.05, 3.63) is 65.3 Å². The normalized spacial score (nSPS) is 10.9. The van der Waals surface area contributed by atoms with Gasteiger partial charge in [-0.15, -0.1) is 11.3 Å². The summed E-state index contributed by atoms with van der Waals surface area (Å²) >= 11 is 1.51. The molecule has 2 heterocycles. The van der Waals surface area contributed by atoms with Crippen LogP contribution in [-0.4, -0.2) is 29.5 Å². The number of rotatable bonds is 7. The Labute approximate surface area is 179 Å². The van der Waals surface area contributed by atoms with Crippen LogP contribution in [0.1, 0.15) is 18.2 Å². The van der Waals surface area contributed by atoms with Crippen LogP contribution in [0.3, 0.4) is 0 Å². The van der Waals surface area contributed by atoms with Gasteiger partial charge in [-0.1, -0.05) is 25.1 Å². The van der Waals surface area contributed by atoms with E-state index in [-0.39, 0.29) is 12.3 Å². The van der Waals surface area contributed by atoms with E-state index in [1.165, 1.54) is 11.3 Å². The van der Waals surface area contributed by atoms with Gasteiger partial charge in [-0.2, -0.15) is 0 Å². The van der Waals surface area contributed by atoms with Gasteiger partial charge in [-0.25, -0.2) is 4.98 Å². The number of carbonyl (C=O) groups excluding carboxylic acids is 1. The molecule has 2 aromatic heterocycles. The summed E-state index contributed by atoms with van der Waals surface area (Å²) in [5.74, 6) is 1.40. The molecule has 154 valence electrons. The Hall–Kier alpha value is -3.32. The van der Waals surface area contributed by atoms with Crippen molar-refractivity contribution in [1.29, 1.82) is 0 Å². The molecule has 0 aliphatic heterocycles. The Morgan fingerprint density at radius 2 is 2.00 bits per heavy atom. The van der Waals surface area contributed by atoms with Crippen molar-refractivity contribution in [2.75, 3.05) is 19.5 Å². The number of nitrogens with zero attached hydrogens (tertiary/aromatic N) is 2. The highest BCUT2D eigenvalue weighted by Gasteiger charge is 2.16. The highest BCUT2D eigenvalue weighted by atomic mass is 32.1. The fourth-order valence-electron chi connectivity index (χ4n) is 3.41. The molecule has 0 spiro atoms. The third kappa shape index (κ3) is 3.89. The van der Waals surface area contributed by atoms with Crippen LogP contribution in [0.25, 0.3) is 16.2 Å². The zero-order chi connectivity index (χ0) is 21.1. The molecule has 0 saturated carbocycles. The maximum atomic E-state index is 12.7. The van der Waals surface area contributed by atoms with Crippen LogP contribution in [0, 0.1) is 0 Å². The molecular weight excluding hydrogens is 398 g/mol. The monoisotopic (exact) mass is 421 g/mol. The average molecular weight is 422 g/mol. The zero-order valence-electron chi connectivity index (χ0n) is 17.1. The van der Waals surface area contributed by atoms with Gasteiger partial charge in [0.1, 0.15) is 11.5 Å². The number of aromatic nitrogens is 2. The topological polar surface area (TPSA) is 64.9 Å². The first-order valence-corrected chi connectivity index (χ1v) is 10.6. The van der Waals surface area contributed by atoms with Crippen molar-refractivity contribution in [2.24, 2.45) is 0 Å². The van der Waals surface area contributed by atoms with Gasteiger partial charge in [0.05, 0.1) is 26.3 Å². The minimum atomic E-state index is -0.0511. The largest absolute Gasteiger partial charge is 0.497 e. The van der Waals surface area contributed by atoms with Crippen LogP contribution in [-0.2, 0) is 17.6 Å². The van der Waals surface area contributed by atoms with Gasteiger partial charge < -0.3 is 14.8 Å². The summed E-state index contributed by atoms with van der Waals surface area (Å²) in [4.78, 5) is 18.2. The van der Waals surface area contributed by atoms with Crippen LogP contribution in [0.4, 0.5) is 5.69 Å². The third-order valence-electron chi connectivity index (χ3n) is 4.98. The van der Waals surface area contributed by atoms with E-state index in [1.807, 2.05) is 58.4 Å². The molecule has 0 bridgehead atoms. The molecule has 0 aliphatic carbocycles. The van der Waals surface area contributed by atoms with E-state index in [0.29, 0.717) is 0 Å². The molecule has 4 rings (SSSR count). The van der Waals surface area contributed by atoms with E-state index in [1.54, 1.807) is 14.2 Å². The molecule has 0 atom stereocenters. The number of aryl methyl sites for hydroxylation is 1. The van der Waals surface area contributed by atoms with Crippen molar-refractivity contribution in [2.45, 2.75) is 19.8 Å². The van der Waals surface area contributed by atoms with E-state index < -0.39 is 0 Å². The standard InChI is InChI=1S/C23H23N3O3S/c1-4-15-7-5-6-8-19(15)24-22(27)11-16-14-30-23-25-20(13-26(16)23)18-12-17(28-2)9-10-21(18)29-3/h5-10,12-14H,4,11H2,1-3H3,(H,24,27).